The first-order valence-electron chi connectivity index (χ1n) is 11.8. The van der Waals surface area contributed by atoms with Crippen molar-refractivity contribution in [3.8, 4) is 0 Å². The first-order valence-corrected chi connectivity index (χ1v) is 11.8. The minimum Gasteiger partial charge on any atom is -0.453 e. The summed E-state index contributed by atoms with van der Waals surface area (Å²) in [6.07, 6.45) is -17.9. The van der Waals surface area contributed by atoms with Crippen LogP contribution < -0.4 is 5.06 Å². The molecule has 2 aromatic rings. The molecule has 0 aromatic heterocycles. The molecule has 1 amide bonds. The van der Waals surface area contributed by atoms with Gasteiger partial charge in [-0.25, -0.2) is 14.7 Å². The van der Waals surface area contributed by atoms with E-state index in [9.17, 15) is 49.1 Å². The third-order valence-corrected chi connectivity index (χ3v) is 6.14. The molecule has 2 aromatic carbocycles. The molecule has 2 atom stereocenters. The summed E-state index contributed by atoms with van der Waals surface area (Å²) in [6.45, 7) is 1.96. The number of hydrogen-bond donors (Lipinski definition) is 0. The summed E-state index contributed by atoms with van der Waals surface area (Å²) >= 11 is 0. The van der Waals surface area contributed by atoms with Gasteiger partial charge in [0.2, 0.25) is 0 Å². The van der Waals surface area contributed by atoms with Gasteiger partial charge in [0.15, 0.2) is 0 Å². The van der Waals surface area contributed by atoms with Crippen LogP contribution in [0.1, 0.15) is 54.1 Å². The van der Waals surface area contributed by atoms with Gasteiger partial charge in [0, 0.05) is 12.1 Å². The average molecular weight is 602 g/mol. The molecule has 0 saturated heterocycles. The summed E-state index contributed by atoms with van der Waals surface area (Å²) in [4.78, 5) is 30.7. The monoisotopic (exact) mass is 602 g/mol. The van der Waals surface area contributed by atoms with Gasteiger partial charge in [-0.2, -0.15) is 39.5 Å². The van der Waals surface area contributed by atoms with Crippen LogP contribution in [-0.4, -0.2) is 36.9 Å². The van der Waals surface area contributed by atoms with Gasteiger partial charge in [0.25, 0.3) is 0 Å². The molecule has 1 aliphatic rings. The highest BCUT2D eigenvalue weighted by Crippen LogP contribution is 2.45. The van der Waals surface area contributed by atoms with Crippen molar-refractivity contribution in [3.05, 3.63) is 64.2 Å². The van der Waals surface area contributed by atoms with Crippen LogP contribution >= 0.6 is 0 Å². The van der Waals surface area contributed by atoms with E-state index in [-0.39, 0.29) is 30.3 Å². The molecule has 0 N–H and O–H groups in total. The number of alkyl halides is 9. The van der Waals surface area contributed by atoms with Crippen LogP contribution in [-0.2, 0) is 39.4 Å². The predicted molar refractivity (Wildman–Crippen MR) is 123 cm³/mol. The summed E-state index contributed by atoms with van der Waals surface area (Å²) in [7, 11) is 0.887. The number of carbonyl (C=O) groups is 2. The van der Waals surface area contributed by atoms with Crippen molar-refractivity contribution < 1.29 is 63.4 Å². The molecule has 1 heterocycles. The van der Waals surface area contributed by atoms with Gasteiger partial charge in [-0.15, -0.1) is 0 Å². The Morgan fingerprint density at radius 3 is 1.95 bits per heavy atom. The Kier molecular flexibility index (Phi) is 8.93. The topological polar surface area (TPSA) is 68.3 Å². The van der Waals surface area contributed by atoms with E-state index in [0.29, 0.717) is 29.2 Å². The van der Waals surface area contributed by atoms with Crippen LogP contribution in [0.25, 0.3) is 0 Å². The molecule has 0 saturated carbocycles. The molecule has 0 unspecified atom stereocenters. The molecule has 16 heteroatoms. The van der Waals surface area contributed by atoms with E-state index in [2.05, 4.69) is 0 Å². The van der Waals surface area contributed by atoms with Crippen LogP contribution in [0.5, 0.6) is 0 Å². The Morgan fingerprint density at radius 2 is 1.46 bits per heavy atom. The zero-order valence-electron chi connectivity index (χ0n) is 21.6. The van der Waals surface area contributed by atoms with Crippen molar-refractivity contribution in [1.82, 2.24) is 4.90 Å². The van der Waals surface area contributed by atoms with Crippen molar-refractivity contribution in [2.45, 2.75) is 57.4 Å². The molecule has 0 fully saturated rings. The quantitative estimate of drug-likeness (QED) is 0.258. The van der Waals surface area contributed by atoms with E-state index in [4.69, 9.17) is 14.3 Å². The van der Waals surface area contributed by atoms with Crippen molar-refractivity contribution in [3.63, 3.8) is 0 Å². The number of carbonyl (C=O) groups excluding carboxylic acids is 2. The first-order chi connectivity index (χ1) is 18.9. The maximum absolute atomic E-state index is 13.6. The number of nitrogens with zero attached hydrogens (tertiary/aromatic N) is 2. The Morgan fingerprint density at radius 1 is 0.902 bits per heavy atom. The summed E-state index contributed by atoms with van der Waals surface area (Å²) < 4.78 is 131. The van der Waals surface area contributed by atoms with Crippen LogP contribution in [0.2, 0.25) is 0 Å². The van der Waals surface area contributed by atoms with Gasteiger partial charge < -0.3 is 14.3 Å². The Hall–Kier alpha value is -3.85. The summed E-state index contributed by atoms with van der Waals surface area (Å²) in [6, 6.07) is 0.790. The number of ether oxygens (including phenoxy) is 2. The van der Waals surface area contributed by atoms with Crippen LogP contribution in [0.3, 0.4) is 0 Å². The lowest BCUT2D eigenvalue weighted by Crippen LogP contribution is -2.46. The molecule has 41 heavy (non-hydrogen) atoms. The number of fused-ring (bicyclic) bond motifs is 1. The second kappa shape index (κ2) is 11.6. The highest BCUT2D eigenvalue weighted by atomic mass is 19.4. The second-order valence-corrected chi connectivity index (χ2v) is 8.98. The molecule has 7 nitrogen and oxygen atoms in total. The predicted octanol–water partition coefficient (Wildman–Crippen LogP) is 7.74. The van der Waals surface area contributed by atoms with E-state index in [1.165, 1.54) is 13.8 Å². The number of benzene rings is 2. The zero-order chi connectivity index (χ0) is 30.9. The third-order valence-electron chi connectivity index (χ3n) is 6.14. The van der Waals surface area contributed by atoms with E-state index in [0.717, 1.165) is 18.2 Å². The van der Waals surface area contributed by atoms with Gasteiger partial charge in [-0.1, -0.05) is 0 Å². The second-order valence-electron chi connectivity index (χ2n) is 8.98. The van der Waals surface area contributed by atoms with Crippen molar-refractivity contribution in [2.75, 3.05) is 18.8 Å². The maximum atomic E-state index is 13.6. The molecule has 1 aliphatic heterocycles. The molecule has 0 spiro atoms. The number of rotatable bonds is 5. The lowest BCUT2D eigenvalue weighted by molar-refractivity contribution is -0.143. The number of methoxy groups -OCH3 is 1. The SMILES string of the molecule is CCOC(=O)ON1c2ccc(C(F)(F)F)cc2[C@@H](N(Cc2cc(C(F)(F)F)cc(C(F)(F)F)c2)C(=O)OC)C[C@H]1C. The normalized spacial score (nSPS) is 17.5. The molecule has 226 valence electrons. The van der Waals surface area contributed by atoms with E-state index < -0.39 is 71.7 Å². The Bertz CT molecular complexity index is 1250. The highest BCUT2D eigenvalue weighted by molar-refractivity contribution is 5.71. The molecule has 0 aliphatic carbocycles. The molecular formula is C25H23F9N2O5. The summed E-state index contributed by atoms with van der Waals surface area (Å²) in [5, 5.41) is 0.950. The molecule has 0 bridgehead atoms. The number of hydrogen-bond acceptors (Lipinski definition) is 6. The minimum absolute atomic E-state index is 0.0867. The fourth-order valence-electron chi connectivity index (χ4n) is 4.37. The average Bonchev–Trinajstić information content (AvgIpc) is 2.86. The molecule has 3 rings (SSSR count). The van der Waals surface area contributed by atoms with Crippen LogP contribution in [0.15, 0.2) is 36.4 Å². The van der Waals surface area contributed by atoms with Gasteiger partial charge in [0.05, 0.1) is 48.2 Å². The lowest BCUT2D eigenvalue weighted by atomic mass is 9.90. The lowest BCUT2D eigenvalue weighted by Gasteiger charge is -2.42. The fraction of sp³-hybridized carbons (Fsp3) is 0.440. The van der Waals surface area contributed by atoms with Gasteiger partial charge in [-0.05, 0) is 62.2 Å². The number of hydroxylamine groups is 1. The van der Waals surface area contributed by atoms with Gasteiger partial charge in [0.1, 0.15) is 0 Å². The smallest absolute Gasteiger partial charge is 0.453 e. The maximum Gasteiger partial charge on any atom is 0.533 e. The zero-order valence-corrected chi connectivity index (χ0v) is 21.6. The minimum atomic E-state index is -5.18. The third kappa shape index (κ3) is 7.27. The summed E-state index contributed by atoms with van der Waals surface area (Å²) in [5.41, 5.74) is -5.44. The van der Waals surface area contributed by atoms with Gasteiger partial charge in [-0.3, -0.25) is 4.90 Å². The Balaban J connectivity index is 2.17. The van der Waals surface area contributed by atoms with Crippen molar-refractivity contribution in [2.24, 2.45) is 0 Å². The van der Waals surface area contributed by atoms with Crippen molar-refractivity contribution >= 4 is 17.9 Å². The van der Waals surface area contributed by atoms with Crippen molar-refractivity contribution in [1.29, 1.82) is 0 Å². The number of anilines is 1. The van der Waals surface area contributed by atoms with E-state index >= 15 is 0 Å². The number of amides is 1. The van der Waals surface area contributed by atoms with E-state index in [1.807, 2.05) is 0 Å². The van der Waals surface area contributed by atoms with E-state index in [1.54, 1.807) is 0 Å². The van der Waals surface area contributed by atoms with Crippen LogP contribution in [0, 0.1) is 0 Å². The van der Waals surface area contributed by atoms with Crippen LogP contribution in [0.4, 0.5) is 54.8 Å². The first kappa shape index (κ1) is 31.7. The fourth-order valence-corrected chi connectivity index (χ4v) is 4.37. The number of halogens is 9. The highest BCUT2D eigenvalue weighted by Gasteiger charge is 2.42. The largest absolute Gasteiger partial charge is 0.533 e. The van der Waals surface area contributed by atoms with Gasteiger partial charge >= 0.3 is 30.8 Å². The Labute approximate surface area is 227 Å². The summed E-state index contributed by atoms with van der Waals surface area (Å²) in [5.74, 6) is 0. The molecule has 0 radical (unpaired) electrons. The molecular weight excluding hydrogens is 579 g/mol. The standard InChI is InChI=1S/C25H23F9N2O5/c1-4-40-22(38)41-36-13(2)7-20(18-11-15(23(26,27)28)5-6-19(18)36)35(21(37)39-3)12-14-8-16(24(29,30)31)10-17(9-14)25(32,33)34/h5-6,8-11,13,20H,4,7,12H2,1-3H3/t13-,20+/m1/s1.